The maximum atomic E-state index is 14.2. The van der Waals surface area contributed by atoms with E-state index in [1.165, 1.54) is 11.3 Å². The van der Waals surface area contributed by atoms with Crippen molar-refractivity contribution in [2.24, 2.45) is 4.99 Å². The molecule has 0 aliphatic carbocycles. The molecule has 1 aliphatic rings. The number of esters is 1. The van der Waals surface area contributed by atoms with Crippen molar-refractivity contribution >= 4 is 40.0 Å². The van der Waals surface area contributed by atoms with E-state index in [1.54, 1.807) is 18.6 Å². The van der Waals surface area contributed by atoms with Gasteiger partial charge < -0.3 is 14.0 Å². The van der Waals surface area contributed by atoms with Crippen LogP contribution in [0.3, 0.4) is 0 Å². The molecule has 7 nitrogen and oxygen atoms in total. The fraction of sp³-hybridized carbons (Fsp3) is 0.147. The van der Waals surface area contributed by atoms with Crippen molar-refractivity contribution in [3.8, 4) is 18.1 Å². The van der Waals surface area contributed by atoms with Gasteiger partial charge in [0, 0.05) is 28.2 Å². The molecule has 42 heavy (non-hydrogen) atoms. The smallest absolute Gasteiger partial charge is 0.338 e. The minimum atomic E-state index is -0.758. The van der Waals surface area contributed by atoms with Crippen molar-refractivity contribution < 1.29 is 14.3 Å². The Bertz CT molecular complexity index is 2060. The highest BCUT2D eigenvalue weighted by molar-refractivity contribution is 7.07. The SMILES string of the molecule is C#CCn1cc(/C=c2\sc3n(c2=O)[C@@H](c2ccc(OC)cc2)C(C(=O)OCC)=C(c2ccccc2)N=3)c2ccccc21. The van der Waals surface area contributed by atoms with Gasteiger partial charge in [0.25, 0.3) is 5.56 Å². The largest absolute Gasteiger partial charge is 0.497 e. The van der Waals surface area contributed by atoms with E-state index in [1.807, 2.05) is 95.7 Å². The second kappa shape index (κ2) is 11.4. The Morgan fingerprint density at radius 2 is 1.81 bits per heavy atom. The number of nitrogens with zero attached hydrogens (tertiary/aromatic N) is 3. The van der Waals surface area contributed by atoms with Gasteiger partial charge >= 0.3 is 5.97 Å². The third-order valence-electron chi connectivity index (χ3n) is 7.17. The molecule has 208 valence electrons. The molecule has 0 bridgehead atoms. The Balaban J connectivity index is 1.64. The summed E-state index contributed by atoms with van der Waals surface area (Å²) >= 11 is 1.29. The zero-order valence-corrected chi connectivity index (χ0v) is 23.9. The number of para-hydroxylation sites is 1. The van der Waals surface area contributed by atoms with E-state index in [-0.39, 0.29) is 12.2 Å². The highest BCUT2D eigenvalue weighted by atomic mass is 32.1. The second-order valence-electron chi connectivity index (χ2n) is 9.64. The number of aromatic nitrogens is 2. The van der Waals surface area contributed by atoms with Crippen molar-refractivity contribution in [3.63, 3.8) is 0 Å². The summed E-state index contributed by atoms with van der Waals surface area (Å²) in [4.78, 5) is 33.2. The lowest BCUT2D eigenvalue weighted by Gasteiger charge is -2.26. The van der Waals surface area contributed by atoms with E-state index in [0.717, 1.165) is 27.6 Å². The fourth-order valence-electron chi connectivity index (χ4n) is 5.30. The van der Waals surface area contributed by atoms with Crippen LogP contribution in [0.2, 0.25) is 0 Å². The number of benzene rings is 3. The van der Waals surface area contributed by atoms with E-state index >= 15 is 0 Å². The Kier molecular flexibility index (Phi) is 7.34. The van der Waals surface area contributed by atoms with E-state index in [0.29, 0.717) is 32.9 Å². The van der Waals surface area contributed by atoms with Gasteiger partial charge in [0.05, 0.1) is 42.1 Å². The molecule has 0 saturated heterocycles. The van der Waals surface area contributed by atoms with Gasteiger partial charge in [-0.25, -0.2) is 9.79 Å². The number of ether oxygens (including phenoxy) is 2. The van der Waals surface area contributed by atoms with Gasteiger partial charge in [0.15, 0.2) is 4.80 Å². The first-order valence-electron chi connectivity index (χ1n) is 13.5. The maximum Gasteiger partial charge on any atom is 0.338 e. The molecule has 0 radical (unpaired) electrons. The van der Waals surface area contributed by atoms with Crippen LogP contribution in [0.15, 0.2) is 100 Å². The molecule has 0 spiro atoms. The van der Waals surface area contributed by atoms with E-state index in [2.05, 4.69) is 5.92 Å². The Morgan fingerprint density at radius 3 is 2.52 bits per heavy atom. The van der Waals surface area contributed by atoms with Crippen molar-refractivity contribution in [1.29, 1.82) is 0 Å². The Hall–Kier alpha value is -5.13. The molecule has 6 rings (SSSR count). The third kappa shape index (κ3) is 4.74. The molecule has 1 atom stereocenters. The number of terminal acetylenes is 1. The molecular weight excluding hydrogens is 546 g/mol. The summed E-state index contributed by atoms with van der Waals surface area (Å²) in [6, 6.07) is 24.0. The number of hydrogen-bond donors (Lipinski definition) is 0. The summed E-state index contributed by atoms with van der Waals surface area (Å²) in [7, 11) is 1.59. The van der Waals surface area contributed by atoms with Crippen LogP contribution in [0, 0.1) is 12.3 Å². The van der Waals surface area contributed by atoms with Crippen LogP contribution in [0.1, 0.15) is 29.7 Å². The molecule has 2 aromatic heterocycles. The zero-order chi connectivity index (χ0) is 29.2. The number of carbonyl (C=O) groups excluding carboxylic acids is 1. The molecule has 8 heteroatoms. The normalized spacial score (nSPS) is 14.8. The van der Waals surface area contributed by atoms with Crippen LogP contribution < -0.4 is 19.6 Å². The zero-order valence-electron chi connectivity index (χ0n) is 23.1. The molecule has 0 N–H and O–H groups in total. The molecule has 5 aromatic rings. The number of thiazole rings is 1. The van der Waals surface area contributed by atoms with Gasteiger partial charge in [-0.1, -0.05) is 77.9 Å². The van der Waals surface area contributed by atoms with Crippen LogP contribution in [-0.2, 0) is 16.1 Å². The molecule has 1 aliphatic heterocycles. The Labute approximate surface area is 246 Å². The summed E-state index contributed by atoms with van der Waals surface area (Å²) in [5.74, 6) is 2.84. The summed E-state index contributed by atoms with van der Waals surface area (Å²) in [5.41, 5.74) is 3.89. The van der Waals surface area contributed by atoms with Gasteiger partial charge in [-0.05, 0) is 36.8 Å². The molecule has 3 heterocycles. The van der Waals surface area contributed by atoms with Crippen molar-refractivity contribution in [1.82, 2.24) is 9.13 Å². The molecule has 0 saturated carbocycles. The number of methoxy groups -OCH3 is 1. The quantitative estimate of drug-likeness (QED) is 0.212. The number of carbonyl (C=O) groups is 1. The van der Waals surface area contributed by atoms with Crippen LogP contribution in [-0.4, -0.2) is 28.8 Å². The maximum absolute atomic E-state index is 14.2. The van der Waals surface area contributed by atoms with Gasteiger partial charge in [-0.15, -0.1) is 6.42 Å². The van der Waals surface area contributed by atoms with E-state index in [9.17, 15) is 9.59 Å². The Morgan fingerprint density at radius 1 is 1.07 bits per heavy atom. The third-order valence-corrected chi connectivity index (χ3v) is 8.16. The molecule has 0 amide bonds. The predicted octanol–water partition coefficient (Wildman–Crippen LogP) is 4.53. The summed E-state index contributed by atoms with van der Waals surface area (Å²) in [5, 5.41) is 0.988. The first kappa shape index (κ1) is 27.1. The second-order valence-corrected chi connectivity index (χ2v) is 10.6. The minimum absolute atomic E-state index is 0.186. The standard InChI is InChI=1S/C34H27N3O4S/c1-4-19-36-21-24(26-13-9-10-14-27(26)36)20-28-32(38)37-31(23-15-17-25(40-3)18-16-23)29(33(39)41-5-2)30(35-34(37)42-28)22-11-7-6-8-12-22/h1,6-18,20-21,31H,5,19H2,2-3H3/b28-20-/t31-/m0/s1. The van der Waals surface area contributed by atoms with Gasteiger partial charge in [-0.3, -0.25) is 9.36 Å². The molecule has 3 aromatic carbocycles. The van der Waals surface area contributed by atoms with Crippen LogP contribution >= 0.6 is 11.3 Å². The highest BCUT2D eigenvalue weighted by Crippen LogP contribution is 2.35. The first-order valence-corrected chi connectivity index (χ1v) is 14.3. The van der Waals surface area contributed by atoms with Gasteiger partial charge in [-0.2, -0.15) is 0 Å². The molecular formula is C34H27N3O4S. The predicted molar refractivity (Wildman–Crippen MR) is 165 cm³/mol. The number of rotatable bonds is 7. The minimum Gasteiger partial charge on any atom is -0.497 e. The monoisotopic (exact) mass is 573 g/mol. The molecule has 0 fully saturated rings. The topological polar surface area (TPSA) is 74.8 Å². The summed E-state index contributed by atoms with van der Waals surface area (Å²) in [6.45, 7) is 2.36. The average Bonchev–Trinajstić information content (AvgIpc) is 3.53. The summed E-state index contributed by atoms with van der Waals surface area (Å²) < 4.78 is 15.0. The number of hydrogen-bond acceptors (Lipinski definition) is 6. The van der Waals surface area contributed by atoms with Crippen LogP contribution in [0.5, 0.6) is 5.75 Å². The lowest BCUT2D eigenvalue weighted by Crippen LogP contribution is -2.40. The first-order chi connectivity index (χ1) is 20.5. The van der Waals surface area contributed by atoms with Gasteiger partial charge in [0.2, 0.25) is 0 Å². The van der Waals surface area contributed by atoms with Gasteiger partial charge in [0.1, 0.15) is 5.75 Å². The van der Waals surface area contributed by atoms with Crippen molar-refractivity contribution in [2.45, 2.75) is 19.5 Å². The highest BCUT2D eigenvalue weighted by Gasteiger charge is 2.35. The lowest BCUT2D eigenvalue weighted by molar-refractivity contribution is -0.138. The van der Waals surface area contributed by atoms with Crippen molar-refractivity contribution in [2.75, 3.05) is 13.7 Å². The van der Waals surface area contributed by atoms with Crippen LogP contribution in [0.25, 0.3) is 22.7 Å². The summed E-state index contributed by atoms with van der Waals surface area (Å²) in [6.07, 6.45) is 9.45. The molecule has 0 unspecified atom stereocenters. The van der Waals surface area contributed by atoms with E-state index < -0.39 is 12.0 Å². The lowest BCUT2D eigenvalue weighted by atomic mass is 9.93. The fourth-order valence-corrected chi connectivity index (χ4v) is 6.29. The number of fused-ring (bicyclic) bond motifs is 2. The van der Waals surface area contributed by atoms with E-state index in [4.69, 9.17) is 20.9 Å². The van der Waals surface area contributed by atoms with Crippen LogP contribution in [0.4, 0.5) is 0 Å². The average molecular weight is 574 g/mol. The van der Waals surface area contributed by atoms with Crippen molar-refractivity contribution in [3.05, 3.63) is 127 Å².